The van der Waals surface area contributed by atoms with E-state index >= 15 is 0 Å². The maximum Gasteiger partial charge on any atom is 0.248 e. The van der Waals surface area contributed by atoms with Crippen LogP contribution in [0.4, 0.5) is 5.82 Å². The zero-order valence-corrected chi connectivity index (χ0v) is 19.4. The average Bonchev–Trinajstić information content (AvgIpc) is 3.59. The van der Waals surface area contributed by atoms with Gasteiger partial charge in [0.05, 0.1) is 30.8 Å². The number of nitrogens with zero attached hydrogens (tertiary/aromatic N) is 4. The predicted molar refractivity (Wildman–Crippen MR) is 126 cm³/mol. The summed E-state index contributed by atoms with van der Waals surface area (Å²) in [6.07, 6.45) is 3.21. The largest absolute Gasteiger partial charge is 0.467 e. The first-order chi connectivity index (χ1) is 16.6. The van der Waals surface area contributed by atoms with Gasteiger partial charge >= 0.3 is 0 Å². The molecule has 9 nitrogen and oxygen atoms in total. The van der Waals surface area contributed by atoms with Gasteiger partial charge in [-0.15, -0.1) is 0 Å². The molecule has 1 aromatic carbocycles. The number of hydrogen-bond donors (Lipinski definition) is 1. The number of furan rings is 1. The number of nitrogens with one attached hydrogen (secondary N) is 1. The number of benzene rings is 1. The van der Waals surface area contributed by atoms with E-state index < -0.39 is 6.04 Å². The van der Waals surface area contributed by atoms with E-state index in [0.29, 0.717) is 18.9 Å². The molecule has 0 aliphatic carbocycles. The molecule has 2 amide bonds. The summed E-state index contributed by atoms with van der Waals surface area (Å²) >= 11 is 0. The number of aryl methyl sites for hydroxylation is 1. The van der Waals surface area contributed by atoms with E-state index in [1.807, 2.05) is 41.9 Å². The Morgan fingerprint density at radius 1 is 1.24 bits per heavy atom. The Balaban J connectivity index is 1.63. The van der Waals surface area contributed by atoms with E-state index in [9.17, 15) is 9.59 Å². The van der Waals surface area contributed by atoms with Crippen molar-refractivity contribution in [3.63, 3.8) is 0 Å². The van der Waals surface area contributed by atoms with Gasteiger partial charge in [0.25, 0.3) is 0 Å². The van der Waals surface area contributed by atoms with Crippen molar-refractivity contribution >= 4 is 17.6 Å². The summed E-state index contributed by atoms with van der Waals surface area (Å²) in [4.78, 5) is 31.3. The van der Waals surface area contributed by atoms with Crippen LogP contribution in [0.2, 0.25) is 0 Å². The molecule has 34 heavy (non-hydrogen) atoms. The molecule has 0 saturated carbocycles. The van der Waals surface area contributed by atoms with E-state index in [4.69, 9.17) is 14.3 Å². The molecule has 2 aromatic heterocycles. The van der Waals surface area contributed by atoms with E-state index in [1.54, 1.807) is 30.4 Å². The van der Waals surface area contributed by atoms with Gasteiger partial charge in [0.1, 0.15) is 23.7 Å². The highest BCUT2D eigenvalue weighted by Crippen LogP contribution is 2.42. The summed E-state index contributed by atoms with van der Waals surface area (Å²) in [6, 6.07) is 12.3. The molecule has 2 aliphatic rings. The lowest BCUT2D eigenvalue weighted by atomic mass is 10.0. The van der Waals surface area contributed by atoms with Crippen LogP contribution in [-0.4, -0.2) is 59.3 Å². The Morgan fingerprint density at radius 2 is 2.06 bits per heavy atom. The van der Waals surface area contributed by atoms with Gasteiger partial charge in [-0.1, -0.05) is 18.2 Å². The summed E-state index contributed by atoms with van der Waals surface area (Å²) in [5.41, 5.74) is 2.37. The first-order valence-electron chi connectivity index (χ1n) is 11.6. The minimum Gasteiger partial charge on any atom is -0.467 e. The highest BCUT2D eigenvalue weighted by molar-refractivity contribution is 5.96. The number of para-hydroxylation sites is 1. The minimum absolute atomic E-state index is 0.0529. The second-order valence-electron chi connectivity index (χ2n) is 8.65. The van der Waals surface area contributed by atoms with Crippen molar-refractivity contribution in [3.05, 3.63) is 65.7 Å². The quantitative estimate of drug-likeness (QED) is 0.579. The Morgan fingerprint density at radius 3 is 2.79 bits per heavy atom. The Hall–Kier alpha value is -3.59. The normalized spacial score (nSPS) is 19.6. The summed E-state index contributed by atoms with van der Waals surface area (Å²) < 4.78 is 12.6. The standard InChI is InChI=1S/C25H29N5O4/c1-17-21-22(23(31)26-16-19-10-7-14-34-19)29(13-15-33-2)25(32)20-11-6-12-28(20)24(21)30(27-17)18-8-4-3-5-9-18/h3-5,7-10,14,20,22H,6,11-13,15-16H2,1-2H3,(H,26,31). The first-order valence-corrected chi connectivity index (χ1v) is 11.6. The van der Waals surface area contributed by atoms with Gasteiger partial charge in [-0.3, -0.25) is 9.59 Å². The zero-order chi connectivity index (χ0) is 23.7. The Kier molecular flexibility index (Phi) is 6.10. The third-order valence-electron chi connectivity index (χ3n) is 6.56. The number of carbonyl (C=O) groups excluding carboxylic acids is 2. The van der Waals surface area contributed by atoms with Gasteiger partial charge in [0.2, 0.25) is 11.8 Å². The van der Waals surface area contributed by atoms with Crippen LogP contribution in [-0.2, 0) is 20.9 Å². The molecule has 2 aliphatic heterocycles. The average molecular weight is 464 g/mol. The van der Waals surface area contributed by atoms with Gasteiger partial charge in [-0.05, 0) is 44.0 Å². The molecule has 4 heterocycles. The molecular weight excluding hydrogens is 434 g/mol. The number of hydrogen-bond acceptors (Lipinski definition) is 6. The summed E-state index contributed by atoms with van der Waals surface area (Å²) in [6.45, 7) is 3.53. The number of anilines is 1. The second kappa shape index (κ2) is 9.34. The van der Waals surface area contributed by atoms with E-state index in [1.165, 1.54) is 0 Å². The van der Waals surface area contributed by atoms with Crippen molar-refractivity contribution in [2.75, 3.05) is 31.7 Å². The maximum absolute atomic E-state index is 13.8. The lowest BCUT2D eigenvalue weighted by molar-refractivity contribution is -0.142. The second-order valence-corrected chi connectivity index (χ2v) is 8.65. The van der Waals surface area contributed by atoms with Gasteiger partial charge in [-0.2, -0.15) is 5.10 Å². The SMILES string of the molecule is COCCN1C(=O)C2CCCN2c2c(c(C)nn2-c2ccccc2)C1C(=O)NCc1ccco1. The lowest BCUT2D eigenvalue weighted by Gasteiger charge is -2.31. The van der Waals surface area contributed by atoms with Gasteiger partial charge in [-0.25, -0.2) is 4.68 Å². The summed E-state index contributed by atoms with van der Waals surface area (Å²) in [5, 5.41) is 7.82. The van der Waals surface area contributed by atoms with Crippen molar-refractivity contribution in [1.82, 2.24) is 20.0 Å². The Bertz CT molecular complexity index is 1160. The Labute approximate surface area is 198 Å². The highest BCUT2D eigenvalue weighted by Gasteiger charge is 2.47. The third-order valence-corrected chi connectivity index (χ3v) is 6.56. The molecule has 9 heteroatoms. The fourth-order valence-corrected chi connectivity index (χ4v) is 5.01. The molecule has 0 spiro atoms. The summed E-state index contributed by atoms with van der Waals surface area (Å²) in [5.74, 6) is 1.15. The van der Waals surface area contributed by atoms with Crippen molar-refractivity contribution in [2.45, 2.75) is 38.4 Å². The summed E-state index contributed by atoms with van der Waals surface area (Å²) in [7, 11) is 1.60. The molecule has 178 valence electrons. The molecule has 3 aromatic rings. The van der Waals surface area contributed by atoms with Crippen LogP contribution < -0.4 is 10.2 Å². The number of rotatable bonds is 7. The van der Waals surface area contributed by atoms with Crippen LogP contribution in [0.25, 0.3) is 5.69 Å². The van der Waals surface area contributed by atoms with Crippen LogP contribution >= 0.6 is 0 Å². The number of aromatic nitrogens is 2. The first kappa shape index (κ1) is 22.2. The molecule has 0 radical (unpaired) electrons. The van der Waals surface area contributed by atoms with E-state index in [2.05, 4.69) is 10.2 Å². The predicted octanol–water partition coefficient (Wildman–Crippen LogP) is 2.59. The van der Waals surface area contributed by atoms with Gasteiger partial charge in [0.15, 0.2) is 0 Å². The number of fused-ring (bicyclic) bond motifs is 3. The maximum atomic E-state index is 13.8. The molecular formula is C25H29N5O4. The van der Waals surface area contributed by atoms with Crippen LogP contribution in [0, 0.1) is 6.92 Å². The monoisotopic (exact) mass is 463 g/mol. The number of carbonyl (C=O) groups is 2. The minimum atomic E-state index is -0.823. The lowest BCUT2D eigenvalue weighted by Crippen LogP contribution is -2.49. The van der Waals surface area contributed by atoms with E-state index in [0.717, 1.165) is 42.1 Å². The highest BCUT2D eigenvalue weighted by atomic mass is 16.5. The van der Waals surface area contributed by atoms with E-state index in [-0.39, 0.29) is 24.4 Å². The van der Waals surface area contributed by atoms with Crippen LogP contribution in [0.5, 0.6) is 0 Å². The van der Waals surface area contributed by atoms with Crippen molar-refractivity contribution in [2.24, 2.45) is 0 Å². The topological polar surface area (TPSA) is 92.8 Å². The molecule has 1 fully saturated rings. The van der Waals surface area contributed by atoms with Crippen molar-refractivity contribution in [1.29, 1.82) is 0 Å². The fraction of sp³-hybridized carbons (Fsp3) is 0.400. The van der Waals surface area contributed by atoms with Crippen LogP contribution in [0.3, 0.4) is 0 Å². The fourth-order valence-electron chi connectivity index (χ4n) is 5.01. The third kappa shape index (κ3) is 3.86. The molecule has 5 rings (SSSR count). The van der Waals surface area contributed by atoms with Crippen LogP contribution in [0.15, 0.2) is 53.1 Å². The molecule has 0 bridgehead atoms. The van der Waals surface area contributed by atoms with Gasteiger partial charge < -0.3 is 24.3 Å². The number of ether oxygens (including phenoxy) is 1. The smallest absolute Gasteiger partial charge is 0.248 e. The number of methoxy groups -OCH3 is 1. The molecule has 1 N–H and O–H groups in total. The van der Waals surface area contributed by atoms with Gasteiger partial charge in [0, 0.05) is 25.8 Å². The molecule has 1 saturated heterocycles. The van der Waals surface area contributed by atoms with Crippen LogP contribution in [0.1, 0.15) is 35.9 Å². The van der Waals surface area contributed by atoms with Crippen molar-refractivity contribution in [3.8, 4) is 5.69 Å². The van der Waals surface area contributed by atoms with Crippen molar-refractivity contribution < 1.29 is 18.7 Å². The molecule has 2 atom stereocenters. The zero-order valence-electron chi connectivity index (χ0n) is 19.4. The molecule has 2 unspecified atom stereocenters. The number of amides is 2.